The highest BCUT2D eigenvalue weighted by molar-refractivity contribution is 5.38. The third-order valence-corrected chi connectivity index (χ3v) is 7.66. The van der Waals surface area contributed by atoms with Crippen LogP contribution >= 0.6 is 0 Å². The number of ether oxygens (including phenoxy) is 1. The number of aryl methyl sites for hydroxylation is 1. The average Bonchev–Trinajstić information content (AvgIpc) is 2.69. The third kappa shape index (κ3) is 3.32. The second-order valence-electron chi connectivity index (χ2n) is 8.95. The quantitative estimate of drug-likeness (QED) is 0.624. The van der Waals surface area contributed by atoms with E-state index in [1.54, 1.807) is 0 Å². The van der Waals surface area contributed by atoms with Crippen LogP contribution in [-0.2, 0) is 17.6 Å². The lowest BCUT2D eigenvalue weighted by molar-refractivity contribution is 0.0121. The van der Waals surface area contributed by atoms with E-state index in [9.17, 15) is 8.78 Å². The van der Waals surface area contributed by atoms with Gasteiger partial charge in [-0.25, -0.2) is 8.78 Å². The first-order valence-electron chi connectivity index (χ1n) is 10.6. The van der Waals surface area contributed by atoms with Crippen LogP contribution in [0.5, 0.6) is 0 Å². The summed E-state index contributed by atoms with van der Waals surface area (Å²) in [6, 6.07) is 2.03. The van der Waals surface area contributed by atoms with Crippen molar-refractivity contribution in [2.45, 2.75) is 83.2 Å². The second kappa shape index (κ2) is 7.58. The van der Waals surface area contributed by atoms with E-state index in [0.717, 1.165) is 56.9 Å². The van der Waals surface area contributed by atoms with Gasteiger partial charge in [-0.2, -0.15) is 0 Å². The van der Waals surface area contributed by atoms with Crippen LogP contribution in [0.1, 0.15) is 80.9 Å². The van der Waals surface area contributed by atoms with Crippen molar-refractivity contribution in [3.05, 3.63) is 34.4 Å². The van der Waals surface area contributed by atoms with E-state index in [1.165, 1.54) is 6.42 Å². The third-order valence-electron chi connectivity index (χ3n) is 7.66. The van der Waals surface area contributed by atoms with Gasteiger partial charge in [0.2, 0.25) is 0 Å². The molecule has 3 heteroatoms. The van der Waals surface area contributed by atoms with Gasteiger partial charge in [-0.1, -0.05) is 19.4 Å². The minimum Gasteiger partial charge on any atom is -0.381 e. The number of rotatable bonds is 3. The van der Waals surface area contributed by atoms with E-state index in [1.807, 2.05) is 13.2 Å². The maximum atomic E-state index is 15.0. The Bertz CT molecular complexity index is 656. The second-order valence-corrected chi connectivity index (χ2v) is 8.95. The molecule has 144 valence electrons. The van der Waals surface area contributed by atoms with Crippen LogP contribution < -0.4 is 0 Å². The Hall–Kier alpha value is -0.960. The molecule has 2 saturated carbocycles. The predicted octanol–water partition coefficient (Wildman–Crippen LogP) is 6.18. The molecule has 4 rings (SSSR count). The summed E-state index contributed by atoms with van der Waals surface area (Å²) in [5, 5.41) is 0. The summed E-state index contributed by atoms with van der Waals surface area (Å²) in [4.78, 5) is 0. The number of hydrogen-bond donors (Lipinski definition) is 0. The fraction of sp³-hybridized carbons (Fsp3) is 0.739. The molecule has 1 aromatic rings. The van der Waals surface area contributed by atoms with Gasteiger partial charge in [0.15, 0.2) is 11.6 Å². The summed E-state index contributed by atoms with van der Waals surface area (Å²) < 4.78 is 35.4. The largest absolute Gasteiger partial charge is 0.381 e. The minimum absolute atomic E-state index is 0.194. The first-order chi connectivity index (χ1) is 12.6. The predicted molar refractivity (Wildman–Crippen MR) is 100 cm³/mol. The minimum atomic E-state index is -0.547. The Balaban J connectivity index is 1.55. The zero-order valence-electron chi connectivity index (χ0n) is 16.2. The molecule has 5 atom stereocenters. The maximum Gasteiger partial charge on any atom is 0.162 e. The summed E-state index contributed by atoms with van der Waals surface area (Å²) in [5.74, 6) is 0.979. The van der Waals surface area contributed by atoms with E-state index in [2.05, 4.69) is 6.92 Å². The summed E-state index contributed by atoms with van der Waals surface area (Å²) >= 11 is 0. The van der Waals surface area contributed by atoms with Crippen LogP contribution in [0.25, 0.3) is 0 Å². The lowest BCUT2D eigenvalue weighted by Gasteiger charge is -2.42. The van der Waals surface area contributed by atoms with E-state index in [4.69, 9.17) is 4.74 Å². The molecule has 3 aliphatic rings. The molecule has 0 spiro atoms. The van der Waals surface area contributed by atoms with Gasteiger partial charge in [-0.05, 0) is 98.1 Å². The van der Waals surface area contributed by atoms with Crippen molar-refractivity contribution < 1.29 is 13.5 Å². The van der Waals surface area contributed by atoms with Crippen LogP contribution in [0, 0.1) is 29.4 Å². The van der Waals surface area contributed by atoms with E-state index >= 15 is 0 Å². The summed E-state index contributed by atoms with van der Waals surface area (Å²) in [7, 11) is 1.81. The Morgan fingerprint density at radius 2 is 1.77 bits per heavy atom. The fourth-order valence-electron chi connectivity index (χ4n) is 5.92. The molecule has 0 aromatic heterocycles. The molecule has 26 heavy (non-hydrogen) atoms. The molecule has 1 nitrogen and oxygen atoms in total. The topological polar surface area (TPSA) is 9.23 Å². The van der Waals surface area contributed by atoms with Crippen molar-refractivity contribution in [3.8, 4) is 0 Å². The molecule has 0 bridgehead atoms. The molecule has 0 heterocycles. The van der Waals surface area contributed by atoms with Gasteiger partial charge in [-0.15, -0.1) is 0 Å². The van der Waals surface area contributed by atoms with E-state index in [0.29, 0.717) is 41.4 Å². The molecular weight excluding hydrogens is 330 g/mol. The molecule has 1 aromatic carbocycles. The Morgan fingerprint density at radius 1 is 1.00 bits per heavy atom. The van der Waals surface area contributed by atoms with Gasteiger partial charge in [0, 0.05) is 7.11 Å². The standard InChI is InChI=1S/C23H32F2O/c1-3-14-4-5-18-13-21(23(25)22(24)20(18)10-14)17-7-6-16-12-19(26-2)9-8-15(16)11-17/h13-17,19H,3-12H2,1-2H3. The average molecular weight is 363 g/mol. The van der Waals surface area contributed by atoms with Crippen molar-refractivity contribution in [2.24, 2.45) is 17.8 Å². The lowest BCUT2D eigenvalue weighted by atomic mass is 9.65. The first-order valence-corrected chi connectivity index (χ1v) is 10.6. The molecule has 0 saturated heterocycles. The van der Waals surface area contributed by atoms with Gasteiger partial charge in [0.05, 0.1) is 6.10 Å². The van der Waals surface area contributed by atoms with Gasteiger partial charge in [0.1, 0.15) is 0 Å². The zero-order valence-corrected chi connectivity index (χ0v) is 16.2. The molecular formula is C23H32F2O. The molecule has 0 N–H and O–H groups in total. The van der Waals surface area contributed by atoms with Gasteiger partial charge < -0.3 is 4.74 Å². The van der Waals surface area contributed by atoms with Crippen molar-refractivity contribution in [1.29, 1.82) is 0 Å². The Kier molecular flexibility index (Phi) is 5.36. The monoisotopic (exact) mass is 362 g/mol. The van der Waals surface area contributed by atoms with Crippen molar-refractivity contribution in [1.82, 2.24) is 0 Å². The van der Waals surface area contributed by atoms with Crippen LogP contribution in [0.4, 0.5) is 8.78 Å². The van der Waals surface area contributed by atoms with E-state index in [-0.39, 0.29) is 5.92 Å². The Labute approximate surface area is 156 Å². The van der Waals surface area contributed by atoms with Crippen LogP contribution in [-0.4, -0.2) is 13.2 Å². The highest BCUT2D eigenvalue weighted by atomic mass is 19.2. The van der Waals surface area contributed by atoms with Crippen LogP contribution in [0.2, 0.25) is 0 Å². The number of fused-ring (bicyclic) bond motifs is 2. The van der Waals surface area contributed by atoms with Crippen molar-refractivity contribution in [2.75, 3.05) is 7.11 Å². The molecule has 5 unspecified atom stereocenters. The summed E-state index contributed by atoms with van der Waals surface area (Å²) in [6.45, 7) is 2.15. The number of halogens is 2. The van der Waals surface area contributed by atoms with Gasteiger partial charge in [0.25, 0.3) is 0 Å². The highest BCUT2D eigenvalue weighted by Gasteiger charge is 2.37. The normalized spacial score (nSPS) is 34.2. The molecule has 3 aliphatic carbocycles. The molecule has 0 aliphatic heterocycles. The van der Waals surface area contributed by atoms with Gasteiger partial charge in [-0.3, -0.25) is 0 Å². The summed E-state index contributed by atoms with van der Waals surface area (Å²) in [5.41, 5.74) is 2.41. The number of benzene rings is 1. The lowest BCUT2D eigenvalue weighted by Crippen LogP contribution is -2.33. The van der Waals surface area contributed by atoms with Crippen molar-refractivity contribution in [3.63, 3.8) is 0 Å². The molecule has 0 amide bonds. The zero-order chi connectivity index (χ0) is 18.3. The Morgan fingerprint density at radius 3 is 2.54 bits per heavy atom. The fourth-order valence-corrected chi connectivity index (χ4v) is 5.92. The van der Waals surface area contributed by atoms with E-state index < -0.39 is 11.6 Å². The van der Waals surface area contributed by atoms with Crippen LogP contribution in [0.3, 0.4) is 0 Å². The van der Waals surface area contributed by atoms with Crippen molar-refractivity contribution >= 4 is 0 Å². The summed E-state index contributed by atoms with van der Waals surface area (Å²) in [6.07, 6.45) is 10.8. The number of methoxy groups -OCH3 is 1. The molecule has 0 radical (unpaired) electrons. The first kappa shape index (κ1) is 18.4. The maximum absolute atomic E-state index is 15.0. The highest BCUT2D eigenvalue weighted by Crippen LogP contribution is 2.48. The van der Waals surface area contributed by atoms with Crippen LogP contribution in [0.15, 0.2) is 6.07 Å². The van der Waals surface area contributed by atoms with Gasteiger partial charge >= 0.3 is 0 Å². The number of hydrogen-bond acceptors (Lipinski definition) is 1. The molecule has 2 fully saturated rings. The SMILES string of the molecule is CCC1CCc2cc(C3CCC4CC(OC)CCC4C3)c(F)c(F)c2C1. The smallest absolute Gasteiger partial charge is 0.162 e.